The minimum absolute atomic E-state index is 0.0764. The zero-order valence-electron chi connectivity index (χ0n) is 11.7. The number of rotatable bonds is 6. The summed E-state index contributed by atoms with van der Waals surface area (Å²) in [7, 11) is 0. The van der Waals surface area contributed by atoms with Gasteiger partial charge < -0.3 is 9.84 Å². The van der Waals surface area contributed by atoms with Gasteiger partial charge in [-0.15, -0.1) is 0 Å². The van der Waals surface area contributed by atoms with E-state index in [0.29, 0.717) is 11.3 Å². The van der Waals surface area contributed by atoms with Crippen LogP contribution in [0.1, 0.15) is 38.1 Å². The van der Waals surface area contributed by atoms with Crippen LogP contribution < -0.4 is 4.74 Å². The lowest BCUT2D eigenvalue weighted by Crippen LogP contribution is -2.25. The molecule has 0 radical (unpaired) electrons. The molecule has 0 fully saturated rings. The highest BCUT2D eigenvalue weighted by Gasteiger charge is 2.26. The van der Waals surface area contributed by atoms with Crippen molar-refractivity contribution in [3.05, 3.63) is 29.8 Å². The standard InChI is InChI=1S/C15H20O4/c1-9(2)19-13-7-5-12(6-8-13)14(16)10(3)11(4)15(17)18/h5-11H,1-4H3,(H,17,18). The molecule has 0 aliphatic carbocycles. The number of hydrogen-bond acceptors (Lipinski definition) is 3. The van der Waals surface area contributed by atoms with E-state index in [1.54, 1.807) is 38.1 Å². The Morgan fingerprint density at radius 3 is 1.95 bits per heavy atom. The first kappa shape index (κ1) is 15.2. The molecule has 0 aliphatic heterocycles. The predicted molar refractivity (Wildman–Crippen MR) is 72.5 cm³/mol. The molecular formula is C15H20O4. The number of carboxylic acids is 1. The van der Waals surface area contributed by atoms with Crippen molar-refractivity contribution in [3.8, 4) is 5.75 Å². The number of carboxylic acid groups (broad SMARTS) is 1. The summed E-state index contributed by atoms with van der Waals surface area (Å²) >= 11 is 0. The summed E-state index contributed by atoms with van der Waals surface area (Å²) in [4.78, 5) is 23.0. The van der Waals surface area contributed by atoms with Crippen LogP contribution in [0.25, 0.3) is 0 Å². The second kappa shape index (κ2) is 6.36. The lowest BCUT2D eigenvalue weighted by Gasteiger charge is -2.15. The molecule has 1 rings (SSSR count). The monoisotopic (exact) mass is 264 g/mol. The summed E-state index contributed by atoms with van der Waals surface area (Å²) in [6.45, 7) is 7.03. The molecule has 2 atom stereocenters. The van der Waals surface area contributed by atoms with E-state index in [-0.39, 0.29) is 11.9 Å². The van der Waals surface area contributed by atoms with Crippen LogP contribution in [-0.4, -0.2) is 23.0 Å². The van der Waals surface area contributed by atoms with Crippen LogP contribution >= 0.6 is 0 Å². The maximum Gasteiger partial charge on any atom is 0.306 e. The first-order chi connectivity index (χ1) is 8.82. The molecule has 0 aromatic heterocycles. The van der Waals surface area contributed by atoms with Gasteiger partial charge in [-0.25, -0.2) is 0 Å². The topological polar surface area (TPSA) is 63.6 Å². The number of carbonyl (C=O) groups excluding carboxylic acids is 1. The van der Waals surface area contributed by atoms with Gasteiger partial charge >= 0.3 is 5.97 Å². The predicted octanol–water partition coefficient (Wildman–Crippen LogP) is 3.01. The summed E-state index contributed by atoms with van der Waals surface area (Å²) in [5, 5.41) is 8.92. The van der Waals surface area contributed by atoms with Gasteiger partial charge in [0.25, 0.3) is 0 Å². The fraction of sp³-hybridized carbons (Fsp3) is 0.467. The van der Waals surface area contributed by atoms with Gasteiger partial charge in [-0.2, -0.15) is 0 Å². The second-order valence-electron chi connectivity index (χ2n) is 4.97. The quantitative estimate of drug-likeness (QED) is 0.802. The lowest BCUT2D eigenvalue weighted by atomic mass is 9.88. The molecule has 0 saturated heterocycles. The third kappa shape index (κ3) is 4.09. The molecule has 0 amide bonds. The van der Waals surface area contributed by atoms with Crippen molar-refractivity contribution in [1.82, 2.24) is 0 Å². The van der Waals surface area contributed by atoms with Crippen molar-refractivity contribution in [3.63, 3.8) is 0 Å². The van der Waals surface area contributed by atoms with Gasteiger partial charge in [0.2, 0.25) is 0 Å². The Labute approximate surface area is 113 Å². The maximum atomic E-state index is 12.1. The van der Waals surface area contributed by atoms with Crippen LogP contribution in [0, 0.1) is 11.8 Å². The number of hydrogen-bond donors (Lipinski definition) is 1. The average Bonchev–Trinajstić information content (AvgIpc) is 2.36. The van der Waals surface area contributed by atoms with E-state index in [2.05, 4.69) is 0 Å². The Morgan fingerprint density at radius 2 is 1.53 bits per heavy atom. The van der Waals surface area contributed by atoms with E-state index < -0.39 is 17.8 Å². The molecule has 0 aliphatic rings. The summed E-state index contributed by atoms with van der Waals surface area (Å²) in [6.07, 6.45) is 0.0764. The van der Waals surface area contributed by atoms with Crippen molar-refractivity contribution in [2.45, 2.75) is 33.8 Å². The number of aliphatic carboxylic acids is 1. The largest absolute Gasteiger partial charge is 0.491 e. The minimum Gasteiger partial charge on any atom is -0.491 e. The van der Waals surface area contributed by atoms with Gasteiger partial charge in [0.05, 0.1) is 12.0 Å². The molecule has 1 aromatic carbocycles. The fourth-order valence-electron chi connectivity index (χ4n) is 1.67. The zero-order chi connectivity index (χ0) is 14.6. The van der Waals surface area contributed by atoms with Crippen molar-refractivity contribution in [1.29, 1.82) is 0 Å². The van der Waals surface area contributed by atoms with Gasteiger partial charge in [-0.1, -0.05) is 13.8 Å². The molecule has 19 heavy (non-hydrogen) atoms. The van der Waals surface area contributed by atoms with Crippen LogP contribution in [0.5, 0.6) is 5.75 Å². The van der Waals surface area contributed by atoms with E-state index in [0.717, 1.165) is 0 Å². The Balaban J connectivity index is 2.80. The van der Waals surface area contributed by atoms with Crippen LogP contribution in [-0.2, 0) is 4.79 Å². The summed E-state index contributed by atoms with van der Waals surface area (Å²) in [6, 6.07) is 6.80. The molecule has 0 spiro atoms. The van der Waals surface area contributed by atoms with Crippen molar-refractivity contribution in [2.75, 3.05) is 0 Å². The maximum absolute atomic E-state index is 12.1. The zero-order valence-corrected chi connectivity index (χ0v) is 11.7. The summed E-state index contributed by atoms with van der Waals surface area (Å²) < 4.78 is 5.49. The highest BCUT2D eigenvalue weighted by atomic mass is 16.5. The molecule has 2 unspecified atom stereocenters. The lowest BCUT2D eigenvalue weighted by molar-refractivity contribution is -0.142. The number of ether oxygens (including phenoxy) is 1. The van der Waals surface area contributed by atoms with Crippen molar-refractivity contribution >= 4 is 11.8 Å². The number of benzene rings is 1. The van der Waals surface area contributed by atoms with Gasteiger partial charge in [-0.05, 0) is 38.1 Å². The third-order valence-electron chi connectivity index (χ3n) is 3.06. The minimum atomic E-state index is -0.958. The normalized spacial score (nSPS) is 13.9. The van der Waals surface area contributed by atoms with Crippen molar-refractivity contribution < 1.29 is 19.4 Å². The molecule has 0 bridgehead atoms. The number of Topliss-reactive ketones (excluding diaryl/α,β-unsaturated/α-hetero) is 1. The van der Waals surface area contributed by atoms with Crippen LogP contribution in [0.15, 0.2) is 24.3 Å². The van der Waals surface area contributed by atoms with E-state index in [1.807, 2.05) is 13.8 Å². The summed E-state index contributed by atoms with van der Waals surface area (Å²) in [5.41, 5.74) is 0.511. The summed E-state index contributed by atoms with van der Waals surface area (Å²) in [5.74, 6) is -1.66. The Bertz CT molecular complexity index is 448. The van der Waals surface area contributed by atoms with E-state index in [4.69, 9.17) is 9.84 Å². The molecule has 1 N–H and O–H groups in total. The van der Waals surface area contributed by atoms with Gasteiger partial charge in [-0.3, -0.25) is 9.59 Å². The van der Waals surface area contributed by atoms with Crippen molar-refractivity contribution in [2.24, 2.45) is 11.8 Å². The highest BCUT2D eigenvalue weighted by Crippen LogP contribution is 2.20. The van der Waals surface area contributed by atoms with Crippen LogP contribution in [0.3, 0.4) is 0 Å². The molecular weight excluding hydrogens is 244 g/mol. The first-order valence-corrected chi connectivity index (χ1v) is 6.36. The highest BCUT2D eigenvalue weighted by molar-refractivity contribution is 5.99. The molecule has 4 heteroatoms. The number of ketones is 1. The van der Waals surface area contributed by atoms with Crippen LogP contribution in [0.2, 0.25) is 0 Å². The molecule has 104 valence electrons. The Morgan fingerprint density at radius 1 is 1.00 bits per heavy atom. The number of carbonyl (C=O) groups is 2. The van der Waals surface area contributed by atoms with Crippen LogP contribution in [0.4, 0.5) is 0 Å². The molecule has 4 nitrogen and oxygen atoms in total. The first-order valence-electron chi connectivity index (χ1n) is 6.36. The second-order valence-corrected chi connectivity index (χ2v) is 4.97. The van der Waals surface area contributed by atoms with E-state index in [9.17, 15) is 9.59 Å². The SMILES string of the molecule is CC(C)Oc1ccc(C(=O)C(C)C(C)C(=O)O)cc1. The molecule has 1 aromatic rings. The van der Waals surface area contributed by atoms with Gasteiger partial charge in [0, 0.05) is 11.5 Å². The fourth-order valence-corrected chi connectivity index (χ4v) is 1.67. The Hall–Kier alpha value is -1.84. The van der Waals surface area contributed by atoms with Gasteiger partial charge in [0.1, 0.15) is 5.75 Å². The van der Waals surface area contributed by atoms with E-state index >= 15 is 0 Å². The average molecular weight is 264 g/mol. The van der Waals surface area contributed by atoms with Gasteiger partial charge in [0.15, 0.2) is 5.78 Å². The smallest absolute Gasteiger partial charge is 0.306 e. The Kier molecular flexibility index (Phi) is 5.10. The molecule has 0 heterocycles. The molecule has 0 saturated carbocycles. The van der Waals surface area contributed by atoms with E-state index in [1.165, 1.54) is 0 Å². The third-order valence-corrected chi connectivity index (χ3v) is 3.06.